The van der Waals surface area contributed by atoms with E-state index >= 15 is 0 Å². The minimum absolute atomic E-state index is 0.0299. The van der Waals surface area contributed by atoms with Gasteiger partial charge < -0.3 is 62.2 Å². The van der Waals surface area contributed by atoms with Gasteiger partial charge in [-0.1, -0.05) is 159 Å². The van der Waals surface area contributed by atoms with Gasteiger partial charge in [0.05, 0.1) is 37.9 Å². The minimum atomic E-state index is -0.927. The highest BCUT2D eigenvalue weighted by Gasteiger charge is 2.49. The summed E-state index contributed by atoms with van der Waals surface area (Å²) in [6, 6.07) is 42.0. The van der Waals surface area contributed by atoms with Crippen LogP contribution in [-0.2, 0) is 69.3 Å². The smallest absolute Gasteiger partial charge is 0.247 e. The number of hydrogen-bond acceptors (Lipinski definition) is 14. The lowest BCUT2D eigenvalue weighted by molar-refractivity contribution is -0.144. The second-order valence-electron chi connectivity index (χ2n) is 26.6. The summed E-state index contributed by atoms with van der Waals surface area (Å²) in [5, 5.41) is 29.1. The summed E-state index contributed by atoms with van der Waals surface area (Å²) in [6.07, 6.45) is 9.28. The van der Waals surface area contributed by atoms with Gasteiger partial charge in [0, 0.05) is 57.3 Å². The van der Waals surface area contributed by atoms with Gasteiger partial charge in [-0.15, -0.1) is 0 Å². The molecule has 9 N–H and O–H groups in total. The molecule has 0 aromatic heterocycles. The average molecular weight is 1330 g/mol. The van der Waals surface area contributed by atoms with Gasteiger partial charge in [-0.3, -0.25) is 38.5 Å². The lowest BCUT2D eigenvalue weighted by Gasteiger charge is -2.33. The number of rotatable bonds is 37. The fourth-order valence-electron chi connectivity index (χ4n) is 14.7. The topological polar surface area (TPSA) is 253 Å². The van der Waals surface area contributed by atoms with Crippen LogP contribution < -0.4 is 47.9 Å². The van der Waals surface area contributed by atoms with E-state index in [9.17, 15) is 33.6 Å². The van der Waals surface area contributed by atoms with E-state index in [0.29, 0.717) is 102 Å². The third-order valence-electron chi connectivity index (χ3n) is 20.2. The molecule has 97 heavy (non-hydrogen) atoms. The summed E-state index contributed by atoms with van der Waals surface area (Å²) in [5.41, 5.74) is 5.60. The number of fused-ring (bicyclic) bond motifs is 2. The first-order valence-corrected chi connectivity index (χ1v) is 35.6. The number of carbonyl (C=O) groups excluding carboxylic acids is 7. The molecule has 0 bridgehead atoms. The van der Waals surface area contributed by atoms with Gasteiger partial charge in [0.1, 0.15) is 24.2 Å². The van der Waals surface area contributed by atoms with Crippen LogP contribution in [0.1, 0.15) is 149 Å². The molecule has 12 atom stereocenters. The van der Waals surface area contributed by atoms with Crippen molar-refractivity contribution in [1.82, 2.24) is 57.7 Å². The van der Waals surface area contributed by atoms with Crippen LogP contribution in [0.4, 0.5) is 0 Å². The molecule has 0 radical (unpaired) electrons. The monoisotopic (exact) mass is 1330 g/mol. The molecule has 522 valence electrons. The lowest BCUT2D eigenvalue weighted by Crippen LogP contribution is -2.58. The Morgan fingerprint density at radius 1 is 0.505 bits per heavy atom. The van der Waals surface area contributed by atoms with Crippen molar-refractivity contribution in [2.75, 3.05) is 53.5 Å². The predicted molar refractivity (Wildman–Crippen MR) is 376 cm³/mol. The highest BCUT2D eigenvalue weighted by Crippen LogP contribution is 2.37. The number of hydrogen-bond donors (Lipinski definition) is 9. The van der Waals surface area contributed by atoms with Crippen molar-refractivity contribution in [3.8, 4) is 0 Å². The number of ether oxygens (including phenoxy) is 2. The van der Waals surface area contributed by atoms with Crippen molar-refractivity contribution in [2.24, 2.45) is 11.8 Å². The molecular weight excluding hydrogens is 1220 g/mol. The number of carbonyl (C=O) groups is 7. The standard InChI is InChI=1S/C77H105N11O9/c1-5-63(78-3)72(90)83-65-50-87-61(35-33-57(65)41-43-80-48-53-20-11-7-12-21-53)37-39-66(87)74(92)85-70(59-26-17-10-18-27-59)76(94)82-45-47-97-52-56-31-29-55(30-32-56)51-96-46-19-28-68(89)69(58-24-15-9-16-25-58)84-75(93)67-40-38-62-36-34-60(42-44-81-49-54-22-13-8-14-23-54)71(77(95)88(62)67)86-73(91)64(6-2)79-4/h7-18,20-27,29-32,57,60-67,69-71,78-81H,5-6,19,28,33-52H2,1-4H3,(H,82,94)(H,83,90)(H,84,93)(H,85,92)(H,86,91)/t57-,60-,61+,62+,63+,64+,65-,66+,67+,69+,70+,71+/m1/s1. The van der Waals surface area contributed by atoms with Gasteiger partial charge >= 0.3 is 0 Å². The zero-order valence-electron chi connectivity index (χ0n) is 57.3. The molecule has 5 aromatic carbocycles. The van der Waals surface area contributed by atoms with Crippen LogP contribution in [-0.4, -0.2) is 153 Å². The fourth-order valence-corrected chi connectivity index (χ4v) is 14.7. The Hall–Kier alpha value is -7.69. The van der Waals surface area contributed by atoms with Gasteiger partial charge in [-0.2, -0.15) is 0 Å². The third kappa shape index (κ3) is 21.2. The first-order valence-electron chi connectivity index (χ1n) is 35.6. The number of likely N-dealkylation sites (N-methyl/N-ethyl adjacent to an activating group) is 2. The van der Waals surface area contributed by atoms with Crippen LogP contribution in [0.3, 0.4) is 0 Å². The Bertz CT molecular complexity index is 3250. The normalized spacial score (nSPS) is 22.1. The van der Waals surface area contributed by atoms with Crippen LogP contribution in [0.5, 0.6) is 0 Å². The van der Waals surface area contributed by atoms with E-state index < -0.39 is 36.3 Å². The summed E-state index contributed by atoms with van der Waals surface area (Å²) < 4.78 is 12.1. The number of nitrogens with zero attached hydrogens (tertiary/aromatic N) is 2. The molecule has 6 amide bonds. The predicted octanol–water partition coefficient (Wildman–Crippen LogP) is 7.24. The molecule has 9 rings (SSSR count). The first kappa shape index (κ1) is 73.6. The van der Waals surface area contributed by atoms with Crippen molar-refractivity contribution in [3.63, 3.8) is 0 Å². The second kappa shape index (κ2) is 38.5. The molecule has 20 heteroatoms. The summed E-state index contributed by atoms with van der Waals surface area (Å²) in [5.74, 6) is -1.52. The van der Waals surface area contributed by atoms with Crippen molar-refractivity contribution >= 4 is 41.2 Å². The molecule has 4 saturated heterocycles. The first-order chi connectivity index (χ1) is 47.3. The highest BCUT2D eigenvalue weighted by molar-refractivity contribution is 5.96. The number of amides is 6. The molecule has 0 saturated carbocycles. The third-order valence-corrected chi connectivity index (χ3v) is 20.2. The van der Waals surface area contributed by atoms with E-state index in [1.165, 1.54) is 5.56 Å². The number of Topliss-reactive ketones (excluding diaryl/α,β-unsaturated/α-hetero) is 1. The largest absolute Gasteiger partial charge is 0.377 e. The van der Waals surface area contributed by atoms with Crippen LogP contribution in [0.15, 0.2) is 146 Å². The number of benzene rings is 5. The van der Waals surface area contributed by atoms with Gasteiger partial charge in [0.25, 0.3) is 0 Å². The van der Waals surface area contributed by atoms with E-state index in [1.54, 1.807) is 11.9 Å². The maximum atomic E-state index is 14.8. The van der Waals surface area contributed by atoms with Crippen LogP contribution in [0.25, 0.3) is 0 Å². The number of nitrogens with one attached hydrogen (secondary N) is 9. The SMILES string of the molecule is CC[C@H](NC)C(=O)N[C@@H]1C(=O)N2[C@@H](CC[C@@H]1CCNCc1ccccc1)CC[C@H]2C(=O)N[C@H](C(=O)CCCOCc1ccc(COCCNC(=O)[C@@H](NC(=O)[C@@H]2CC[C@@H]3CC[C@H](CCNCc4ccccc4)[C@H](NC(=O)[C@H](CC)NC)CN32)c2ccccc2)cc1)c1ccccc1. The van der Waals surface area contributed by atoms with Gasteiger partial charge in [-0.05, 0) is 156 Å². The van der Waals surface area contributed by atoms with Gasteiger partial charge in [-0.25, -0.2) is 0 Å². The highest BCUT2D eigenvalue weighted by atomic mass is 16.5. The summed E-state index contributed by atoms with van der Waals surface area (Å²) in [6.45, 7) is 8.82. The quantitative estimate of drug-likeness (QED) is 0.0178. The Balaban J connectivity index is 0.716. The maximum Gasteiger partial charge on any atom is 0.247 e. The molecule has 0 unspecified atom stereocenters. The van der Waals surface area contributed by atoms with Gasteiger partial charge in [0.2, 0.25) is 35.4 Å². The molecule has 4 heterocycles. The molecule has 4 fully saturated rings. The lowest BCUT2D eigenvalue weighted by atomic mass is 9.90. The van der Waals surface area contributed by atoms with Crippen molar-refractivity contribution < 1.29 is 43.0 Å². The van der Waals surface area contributed by atoms with Crippen LogP contribution in [0, 0.1) is 11.8 Å². The van der Waals surface area contributed by atoms with Crippen molar-refractivity contribution in [1.29, 1.82) is 0 Å². The van der Waals surface area contributed by atoms with E-state index in [-0.39, 0.29) is 96.8 Å². The Morgan fingerprint density at radius 2 is 0.990 bits per heavy atom. The van der Waals surface area contributed by atoms with Crippen molar-refractivity contribution in [2.45, 2.75) is 190 Å². The van der Waals surface area contributed by atoms with Crippen LogP contribution in [0.2, 0.25) is 0 Å². The summed E-state index contributed by atoms with van der Waals surface area (Å²) in [4.78, 5) is 103. The Labute approximate surface area is 574 Å². The zero-order valence-corrected chi connectivity index (χ0v) is 57.3. The minimum Gasteiger partial charge on any atom is -0.377 e. The Kier molecular flexibility index (Phi) is 29.2. The maximum absolute atomic E-state index is 14.8. The van der Waals surface area contributed by atoms with Crippen LogP contribution >= 0.6 is 0 Å². The van der Waals surface area contributed by atoms with Gasteiger partial charge in [0.15, 0.2) is 5.78 Å². The zero-order chi connectivity index (χ0) is 68.3. The molecule has 0 spiro atoms. The molecule has 5 aromatic rings. The molecule has 0 aliphatic carbocycles. The average Bonchev–Trinajstić information content (AvgIpc) is 1.66. The van der Waals surface area contributed by atoms with E-state index in [0.717, 1.165) is 61.9 Å². The van der Waals surface area contributed by atoms with Crippen molar-refractivity contribution in [3.05, 3.63) is 179 Å². The van der Waals surface area contributed by atoms with E-state index in [1.807, 2.05) is 142 Å². The molecular formula is C77H105N11O9. The molecule has 20 nitrogen and oxygen atoms in total. The molecule has 4 aliphatic heterocycles. The number of ketones is 1. The summed E-state index contributed by atoms with van der Waals surface area (Å²) >= 11 is 0. The van der Waals surface area contributed by atoms with E-state index in [4.69, 9.17) is 9.47 Å². The molecule has 4 aliphatic rings. The fraction of sp³-hybridized carbons (Fsp3) is 0.519. The second-order valence-corrected chi connectivity index (χ2v) is 26.6. The Morgan fingerprint density at radius 3 is 1.58 bits per heavy atom. The summed E-state index contributed by atoms with van der Waals surface area (Å²) in [7, 11) is 3.54. The van der Waals surface area contributed by atoms with E-state index in [2.05, 4.69) is 77.0 Å².